The zero-order valence-corrected chi connectivity index (χ0v) is 12.8. The van der Waals surface area contributed by atoms with E-state index in [2.05, 4.69) is 58.1 Å². The van der Waals surface area contributed by atoms with E-state index in [1.807, 2.05) is 0 Å². The molecule has 0 aromatic rings. The summed E-state index contributed by atoms with van der Waals surface area (Å²) in [5.41, 5.74) is 9.53. The quantitative estimate of drug-likeness (QED) is 0.670. The van der Waals surface area contributed by atoms with Crippen molar-refractivity contribution >= 4 is 0 Å². The van der Waals surface area contributed by atoms with Crippen molar-refractivity contribution < 1.29 is 4.74 Å². The third-order valence-electron chi connectivity index (χ3n) is 4.32. The van der Waals surface area contributed by atoms with E-state index in [1.54, 1.807) is 0 Å². The highest BCUT2D eigenvalue weighted by Gasteiger charge is 2.25. The fourth-order valence-corrected chi connectivity index (χ4v) is 3.01. The van der Waals surface area contributed by atoms with Crippen LogP contribution in [-0.4, -0.2) is 13.2 Å². The van der Waals surface area contributed by atoms with Gasteiger partial charge in [-0.05, 0) is 58.8 Å². The van der Waals surface area contributed by atoms with Crippen LogP contribution in [-0.2, 0) is 4.74 Å². The average molecular weight is 266 g/mol. The highest BCUT2D eigenvalue weighted by atomic mass is 16.5. The first-order chi connectivity index (χ1) is 9.58. The smallest absolute Gasteiger partial charge is 0.0731 e. The van der Waals surface area contributed by atoms with Crippen LogP contribution in [0.3, 0.4) is 0 Å². The number of hydrogen-bond acceptors (Lipinski definition) is 1. The third kappa shape index (κ3) is 2.16. The van der Waals surface area contributed by atoms with Gasteiger partial charge in [0.25, 0.3) is 0 Å². The fourth-order valence-electron chi connectivity index (χ4n) is 3.01. The molecule has 1 aliphatic heterocycles. The van der Waals surface area contributed by atoms with E-state index in [0.29, 0.717) is 5.92 Å². The molecule has 0 saturated carbocycles. The number of hydrogen-bond donors (Lipinski definition) is 0. The van der Waals surface area contributed by atoms with Gasteiger partial charge in [-0.2, -0.15) is 0 Å². The molecule has 1 nitrogen and oxygen atoms in total. The monoisotopic (exact) mass is 266 g/mol. The van der Waals surface area contributed by atoms with E-state index >= 15 is 0 Å². The standard InChI is InChI=1S/C19H22O/c1-12(2)15-7-6-14(4)19-17(9-15)13(3)5-8-16-10-20-11-18(16)19/h5-9,12H,10-11H2,1-4H3. The summed E-state index contributed by atoms with van der Waals surface area (Å²) < 4.78 is 5.67. The Balaban J connectivity index is 2.25. The Hall–Kier alpha value is -1.60. The maximum Gasteiger partial charge on any atom is 0.0731 e. The number of fused-ring (bicyclic) bond motifs is 2. The van der Waals surface area contributed by atoms with Gasteiger partial charge in [0.15, 0.2) is 0 Å². The van der Waals surface area contributed by atoms with Crippen molar-refractivity contribution in [3.05, 3.63) is 69.4 Å². The molecule has 3 rings (SSSR count). The molecule has 0 N–H and O–H groups in total. The summed E-state index contributed by atoms with van der Waals surface area (Å²) in [6, 6.07) is 0. The summed E-state index contributed by atoms with van der Waals surface area (Å²) in [6.07, 6.45) is 11.4. The van der Waals surface area contributed by atoms with Crippen LogP contribution in [0.2, 0.25) is 0 Å². The summed E-state index contributed by atoms with van der Waals surface area (Å²) in [5, 5.41) is 0. The average Bonchev–Trinajstić information content (AvgIpc) is 2.73. The molecular weight excluding hydrogens is 244 g/mol. The molecule has 2 aliphatic carbocycles. The van der Waals surface area contributed by atoms with Gasteiger partial charge in [-0.3, -0.25) is 0 Å². The van der Waals surface area contributed by atoms with Gasteiger partial charge in [-0.1, -0.05) is 44.2 Å². The molecule has 0 spiro atoms. The molecule has 0 radical (unpaired) electrons. The lowest BCUT2D eigenvalue weighted by atomic mass is 9.88. The molecule has 1 heteroatoms. The first-order valence-electron chi connectivity index (χ1n) is 7.38. The molecule has 0 amide bonds. The lowest BCUT2D eigenvalue weighted by molar-refractivity contribution is 0.214. The maximum atomic E-state index is 5.67. The van der Waals surface area contributed by atoms with Crippen molar-refractivity contribution in [1.29, 1.82) is 0 Å². The normalized spacial score (nSPS) is 22.1. The predicted octanol–water partition coefficient (Wildman–Crippen LogP) is 4.67. The van der Waals surface area contributed by atoms with Crippen LogP contribution >= 0.6 is 0 Å². The summed E-state index contributed by atoms with van der Waals surface area (Å²) in [7, 11) is 0. The Bertz CT molecular complexity index is 631. The van der Waals surface area contributed by atoms with Crippen LogP contribution in [0.4, 0.5) is 0 Å². The van der Waals surface area contributed by atoms with E-state index in [1.165, 1.54) is 39.0 Å². The molecule has 1 fully saturated rings. The largest absolute Gasteiger partial charge is 0.372 e. The molecule has 1 saturated heterocycles. The highest BCUT2D eigenvalue weighted by molar-refractivity contribution is 5.67. The second-order valence-corrected chi connectivity index (χ2v) is 6.12. The van der Waals surface area contributed by atoms with Gasteiger partial charge in [0, 0.05) is 0 Å². The van der Waals surface area contributed by atoms with Crippen LogP contribution in [0.15, 0.2) is 69.4 Å². The summed E-state index contributed by atoms with van der Waals surface area (Å²) in [5.74, 6) is 0.541. The minimum atomic E-state index is 0.541. The lowest BCUT2D eigenvalue weighted by Crippen LogP contribution is -2.00. The highest BCUT2D eigenvalue weighted by Crippen LogP contribution is 2.39. The van der Waals surface area contributed by atoms with E-state index in [9.17, 15) is 0 Å². The number of rotatable bonds is 1. The van der Waals surface area contributed by atoms with Crippen molar-refractivity contribution in [2.75, 3.05) is 13.2 Å². The zero-order chi connectivity index (χ0) is 14.3. The van der Waals surface area contributed by atoms with Gasteiger partial charge < -0.3 is 4.74 Å². The molecule has 3 aliphatic rings. The maximum absolute atomic E-state index is 5.67. The third-order valence-corrected chi connectivity index (χ3v) is 4.32. The summed E-state index contributed by atoms with van der Waals surface area (Å²) in [4.78, 5) is 0. The molecule has 0 aromatic heterocycles. The van der Waals surface area contributed by atoms with Gasteiger partial charge >= 0.3 is 0 Å². The summed E-state index contributed by atoms with van der Waals surface area (Å²) >= 11 is 0. The Labute approximate surface area is 121 Å². The van der Waals surface area contributed by atoms with Crippen molar-refractivity contribution in [2.24, 2.45) is 5.92 Å². The van der Waals surface area contributed by atoms with Gasteiger partial charge in [0.1, 0.15) is 0 Å². The van der Waals surface area contributed by atoms with Crippen LogP contribution in [0.25, 0.3) is 0 Å². The molecule has 0 unspecified atom stereocenters. The van der Waals surface area contributed by atoms with E-state index in [4.69, 9.17) is 4.74 Å². The van der Waals surface area contributed by atoms with E-state index < -0.39 is 0 Å². The Kier molecular flexibility index (Phi) is 3.39. The van der Waals surface area contributed by atoms with Crippen LogP contribution < -0.4 is 0 Å². The topological polar surface area (TPSA) is 9.23 Å². The first-order valence-corrected chi connectivity index (χ1v) is 7.38. The molecule has 1 heterocycles. The second kappa shape index (κ2) is 5.06. The first kappa shape index (κ1) is 13.4. The lowest BCUT2D eigenvalue weighted by Gasteiger charge is -2.15. The van der Waals surface area contributed by atoms with Gasteiger partial charge in [0.05, 0.1) is 13.2 Å². The molecule has 104 valence electrons. The van der Waals surface area contributed by atoms with Crippen molar-refractivity contribution in [1.82, 2.24) is 0 Å². The van der Waals surface area contributed by atoms with Gasteiger partial charge in [-0.25, -0.2) is 0 Å². The zero-order valence-electron chi connectivity index (χ0n) is 12.8. The molecule has 0 bridgehead atoms. The Morgan fingerprint density at radius 1 is 0.950 bits per heavy atom. The van der Waals surface area contributed by atoms with Gasteiger partial charge in [0.2, 0.25) is 0 Å². The molecular formula is C19H22O. The predicted molar refractivity (Wildman–Crippen MR) is 84.4 cm³/mol. The van der Waals surface area contributed by atoms with Crippen molar-refractivity contribution in [3.63, 3.8) is 0 Å². The molecule has 20 heavy (non-hydrogen) atoms. The van der Waals surface area contributed by atoms with Crippen molar-refractivity contribution in [3.8, 4) is 0 Å². The minimum Gasteiger partial charge on any atom is -0.372 e. The molecule has 0 aromatic carbocycles. The minimum absolute atomic E-state index is 0.541. The van der Waals surface area contributed by atoms with Gasteiger partial charge in [-0.15, -0.1) is 0 Å². The van der Waals surface area contributed by atoms with Crippen LogP contribution in [0.5, 0.6) is 0 Å². The SMILES string of the molecule is CC1=CC=C2COCC2=C2C(C)=CC=C(C(C)C)C=C12. The molecule has 0 atom stereocenters. The number of ether oxygens (including phenoxy) is 1. The Morgan fingerprint density at radius 3 is 2.45 bits per heavy atom. The van der Waals surface area contributed by atoms with Crippen LogP contribution in [0.1, 0.15) is 27.7 Å². The van der Waals surface area contributed by atoms with E-state index in [-0.39, 0.29) is 0 Å². The number of allylic oxidation sites excluding steroid dienone is 10. The second-order valence-electron chi connectivity index (χ2n) is 6.12. The fraction of sp³-hybridized carbons (Fsp3) is 0.368. The van der Waals surface area contributed by atoms with Crippen LogP contribution in [0, 0.1) is 5.92 Å². The Morgan fingerprint density at radius 2 is 1.70 bits per heavy atom. The van der Waals surface area contributed by atoms with Crippen molar-refractivity contribution in [2.45, 2.75) is 27.7 Å². The van der Waals surface area contributed by atoms with E-state index in [0.717, 1.165) is 13.2 Å². The summed E-state index contributed by atoms with van der Waals surface area (Å²) in [6.45, 7) is 10.4.